The van der Waals surface area contributed by atoms with E-state index in [-0.39, 0.29) is 6.04 Å². The average Bonchev–Trinajstić information content (AvgIpc) is 3.37. The molecule has 0 aliphatic carbocycles. The second-order valence-corrected chi connectivity index (χ2v) is 8.39. The summed E-state index contributed by atoms with van der Waals surface area (Å²) in [6, 6.07) is 16.1. The lowest BCUT2D eigenvalue weighted by molar-refractivity contribution is 0.237. The molecule has 2 aromatic rings. The Labute approximate surface area is 191 Å². The van der Waals surface area contributed by atoms with Gasteiger partial charge in [-0.05, 0) is 44.1 Å². The number of benzene rings is 2. The van der Waals surface area contributed by atoms with Gasteiger partial charge in [0.05, 0.1) is 18.8 Å². The van der Waals surface area contributed by atoms with Crippen LogP contribution >= 0.6 is 0 Å². The molecule has 2 N–H and O–H groups in total. The van der Waals surface area contributed by atoms with Crippen LogP contribution in [0.1, 0.15) is 24.4 Å². The fourth-order valence-corrected chi connectivity index (χ4v) is 4.84. The number of nitrogens with one attached hydrogen (secondary N) is 1. The zero-order valence-corrected chi connectivity index (χ0v) is 19.2. The van der Waals surface area contributed by atoms with E-state index in [1.54, 1.807) is 13.2 Å². The second kappa shape index (κ2) is 10.6. The molecule has 0 spiro atoms. The standard InChI is InChI=1S/C25H35N5O2/c1-26-25(30-17-15-29(16-18-30)21-10-4-5-11-23(21)31)27-19-22(28-13-7-8-14-28)20-9-3-6-12-24(20)32-2/h3-6,9-12,22,31H,7-8,13-19H2,1-2H3,(H,26,27). The van der Waals surface area contributed by atoms with Crippen molar-refractivity contribution < 1.29 is 9.84 Å². The highest BCUT2D eigenvalue weighted by Gasteiger charge is 2.27. The van der Waals surface area contributed by atoms with Crippen molar-refractivity contribution in [3.8, 4) is 11.5 Å². The average molecular weight is 438 g/mol. The Kier molecular flexibility index (Phi) is 7.37. The van der Waals surface area contributed by atoms with Crippen LogP contribution < -0.4 is 15.0 Å². The van der Waals surface area contributed by atoms with E-state index in [4.69, 9.17) is 4.74 Å². The summed E-state index contributed by atoms with van der Waals surface area (Å²) in [4.78, 5) is 11.7. The number of aliphatic imine (C=N–C) groups is 1. The molecule has 32 heavy (non-hydrogen) atoms. The van der Waals surface area contributed by atoms with Crippen LogP contribution in [-0.2, 0) is 0 Å². The van der Waals surface area contributed by atoms with Crippen LogP contribution in [0.15, 0.2) is 53.5 Å². The molecule has 172 valence electrons. The first-order valence-corrected chi connectivity index (χ1v) is 11.6. The first kappa shape index (κ1) is 22.3. The third-order valence-electron chi connectivity index (χ3n) is 6.55. The van der Waals surface area contributed by atoms with Crippen molar-refractivity contribution in [2.75, 3.05) is 64.9 Å². The number of hydrogen-bond acceptors (Lipinski definition) is 5. The quantitative estimate of drug-likeness (QED) is 0.535. The Balaban J connectivity index is 1.41. The van der Waals surface area contributed by atoms with Gasteiger partial charge in [0.15, 0.2) is 5.96 Å². The summed E-state index contributed by atoms with van der Waals surface area (Å²) in [7, 11) is 3.60. The minimum absolute atomic E-state index is 0.243. The van der Waals surface area contributed by atoms with Crippen molar-refractivity contribution >= 4 is 11.6 Å². The molecular weight excluding hydrogens is 402 g/mol. The molecule has 1 atom stereocenters. The smallest absolute Gasteiger partial charge is 0.193 e. The van der Waals surface area contributed by atoms with Gasteiger partial charge in [0.1, 0.15) is 11.5 Å². The highest BCUT2D eigenvalue weighted by atomic mass is 16.5. The third-order valence-corrected chi connectivity index (χ3v) is 6.55. The molecule has 7 nitrogen and oxygen atoms in total. The summed E-state index contributed by atoms with van der Waals surface area (Å²) < 4.78 is 5.68. The molecule has 2 heterocycles. The summed E-state index contributed by atoms with van der Waals surface area (Å²) in [5.41, 5.74) is 2.13. The molecule has 0 amide bonds. The van der Waals surface area contributed by atoms with E-state index in [0.29, 0.717) is 5.75 Å². The van der Waals surface area contributed by atoms with Gasteiger partial charge in [0.25, 0.3) is 0 Å². The van der Waals surface area contributed by atoms with E-state index >= 15 is 0 Å². The van der Waals surface area contributed by atoms with Crippen molar-refractivity contribution in [3.63, 3.8) is 0 Å². The fourth-order valence-electron chi connectivity index (χ4n) is 4.84. The molecule has 7 heteroatoms. The number of methoxy groups -OCH3 is 1. The zero-order valence-electron chi connectivity index (χ0n) is 19.2. The van der Waals surface area contributed by atoms with E-state index in [0.717, 1.165) is 63.2 Å². The normalized spacial score (nSPS) is 18.6. The number of phenols is 1. The van der Waals surface area contributed by atoms with E-state index in [2.05, 4.69) is 37.1 Å². The van der Waals surface area contributed by atoms with Crippen molar-refractivity contribution in [3.05, 3.63) is 54.1 Å². The number of nitrogens with zero attached hydrogens (tertiary/aromatic N) is 4. The maximum absolute atomic E-state index is 10.2. The Morgan fingerprint density at radius 3 is 2.38 bits per heavy atom. The molecular formula is C25H35N5O2. The number of ether oxygens (including phenoxy) is 1. The Morgan fingerprint density at radius 1 is 1.00 bits per heavy atom. The van der Waals surface area contributed by atoms with Crippen molar-refractivity contribution in [2.45, 2.75) is 18.9 Å². The van der Waals surface area contributed by atoms with E-state index < -0.39 is 0 Å². The summed E-state index contributed by atoms with van der Waals surface area (Å²) >= 11 is 0. The van der Waals surface area contributed by atoms with Crippen LogP contribution in [0.25, 0.3) is 0 Å². The topological polar surface area (TPSA) is 63.6 Å². The number of phenolic OH excluding ortho intramolecular Hbond substituents is 1. The fraction of sp³-hybridized carbons (Fsp3) is 0.480. The van der Waals surface area contributed by atoms with Crippen molar-refractivity contribution in [1.82, 2.24) is 15.1 Å². The Morgan fingerprint density at radius 2 is 1.69 bits per heavy atom. The molecule has 4 rings (SSSR count). The highest BCUT2D eigenvalue weighted by molar-refractivity contribution is 5.80. The molecule has 2 aliphatic rings. The first-order valence-electron chi connectivity index (χ1n) is 11.6. The lowest BCUT2D eigenvalue weighted by Gasteiger charge is -2.38. The summed E-state index contributed by atoms with van der Waals surface area (Å²) in [6.45, 7) is 6.42. The van der Waals surface area contributed by atoms with Crippen molar-refractivity contribution in [2.24, 2.45) is 4.99 Å². The van der Waals surface area contributed by atoms with Gasteiger partial charge < -0.3 is 25.0 Å². The number of para-hydroxylation sites is 3. The van der Waals surface area contributed by atoms with Crippen LogP contribution in [-0.4, -0.2) is 80.8 Å². The lowest BCUT2D eigenvalue weighted by atomic mass is 10.0. The molecule has 2 fully saturated rings. The van der Waals surface area contributed by atoms with Crippen LogP contribution in [0.2, 0.25) is 0 Å². The predicted octanol–water partition coefficient (Wildman–Crippen LogP) is 2.94. The number of aromatic hydroxyl groups is 1. The van der Waals surface area contributed by atoms with Crippen LogP contribution in [0, 0.1) is 0 Å². The van der Waals surface area contributed by atoms with Crippen LogP contribution in [0.4, 0.5) is 5.69 Å². The molecule has 0 bridgehead atoms. The van der Waals surface area contributed by atoms with E-state index in [1.807, 2.05) is 37.4 Å². The summed E-state index contributed by atoms with van der Waals surface area (Å²) in [5.74, 6) is 2.22. The van der Waals surface area contributed by atoms with E-state index in [1.165, 1.54) is 18.4 Å². The zero-order chi connectivity index (χ0) is 22.3. The molecule has 0 saturated carbocycles. The summed E-state index contributed by atoms with van der Waals surface area (Å²) in [6.07, 6.45) is 2.49. The van der Waals surface area contributed by atoms with Gasteiger partial charge in [0.2, 0.25) is 0 Å². The van der Waals surface area contributed by atoms with Crippen LogP contribution in [0.3, 0.4) is 0 Å². The number of rotatable bonds is 6. The number of anilines is 1. The number of guanidine groups is 1. The number of hydrogen-bond donors (Lipinski definition) is 2. The summed E-state index contributed by atoms with van der Waals surface area (Å²) in [5, 5.41) is 13.8. The van der Waals surface area contributed by atoms with E-state index in [9.17, 15) is 5.11 Å². The molecule has 2 aromatic carbocycles. The highest BCUT2D eigenvalue weighted by Crippen LogP contribution is 2.31. The second-order valence-electron chi connectivity index (χ2n) is 8.39. The van der Waals surface area contributed by atoms with Gasteiger partial charge in [-0.3, -0.25) is 9.89 Å². The van der Waals surface area contributed by atoms with Crippen molar-refractivity contribution in [1.29, 1.82) is 0 Å². The molecule has 2 saturated heterocycles. The molecule has 2 aliphatic heterocycles. The minimum Gasteiger partial charge on any atom is -0.506 e. The SMILES string of the molecule is CN=C(NCC(c1ccccc1OC)N1CCCC1)N1CCN(c2ccccc2O)CC1. The van der Waals surface area contributed by atoms with Gasteiger partial charge in [0, 0.05) is 45.3 Å². The lowest BCUT2D eigenvalue weighted by Crippen LogP contribution is -2.53. The predicted molar refractivity (Wildman–Crippen MR) is 130 cm³/mol. The van der Waals surface area contributed by atoms with Gasteiger partial charge >= 0.3 is 0 Å². The minimum atomic E-state index is 0.243. The number of piperazine rings is 1. The maximum atomic E-state index is 10.2. The molecule has 0 aromatic heterocycles. The van der Waals surface area contributed by atoms with Crippen LogP contribution in [0.5, 0.6) is 11.5 Å². The van der Waals surface area contributed by atoms with Gasteiger partial charge in [-0.25, -0.2) is 0 Å². The van der Waals surface area contributed by atoms with Gasteiger partial charge in [-0.15, -0.1) is 0 Å². The molecule has 1 unspecified atom stereocenters. The Hall–Kier alpha value is -2.93. The number of likely N-dealkylation sites (tertiary alicyclic amines) is 1. The molecule has 0 radical (unpaired) electrons. The van der Waals surface area contributed by atoms with Gasteiger partial charge in [-0.2, -0.15) is 0 Å². The largest absolute Gasteiger partial charge is 0.506 e. The first-order chi connectivity index (χ1) is 15.7. The Bertz CT molecular complexity index is 905. The third kappa shape index (κ3) is 4.93. The van der Waals surface area contributed by atoms with Gasteiger partial charge in [-0.1, -0.05) is 30.3 Å². The monoisotopic (exact) mass is 437 g/mol. The maximum Gasteiger partial charge on any atom is 0.193 e.